The van der Waals surface area contributed by atoms with Crippen LogP contribution in [-0.2, 0) is 14.8 Å². The van der Waals surface area contributed by atoms with Crippen molar-refractivity contribution < 1.29 is 47.3 Å². The molecular formula is C19H18N2NaO4S+. The largest absolute Gasteiger partial charge is 1.00 e. The topological polar surface area (TPSA) is 89.3 Å². The van der Waals surface area contributed by atoms with Crippen LogP contribution in [0.5, 0.6) is 0 Å². The van der Waals surface area contributed by atoms with E-state index in [1.165, 1.54) is 12.1 Å². The number of hydrogen-bond acceptors (Lipinski definition) is 5. The van der Waals surface area contributed by atoms with Crippen LogP contribution in [0.4, 0.5) is 0 Å². The van der Waals surface area contributed by atoms with Crippen LogP contribution in [0.1, 0.15) is 19.1 Å². The molecule has 0 aliphatic rings. The first kappa shape index (κ1) is 21.4. The molecule has 3 rings (SSSR count). The second kappa shape index (κ2) is 8.84. The molecule has 3 aromatic rings. The SMILES string of the molecule is CCC(=O)NS(=O)(=O)c1ccc(-c2c(-c3ccccc3)noc2C)cc1.[Na+]. The predicted molar refractivity (Wildman–Crippen MR) is 97.7 cm³/mol. The number of carbonyl (C=O) groups excluding carboxylic acids is 1. The van der Waals surface area contributed by atoms with Gasteiger partial charge < -0.3 is 4.52 Å². The molecule has 0 atom stereocenters. The molecule has 0 spiro atoms. The summed E-state index contributed by atoms with van der Waals surface area (Å²) in [5, 5.41) is 4.13. The minimum absolute atomic E-state index is 0. The molecule has 0 unspecified atom stereocenters. The molecule has 8 heteroatoms. The fraction of sp³-hybridized carbons (Fsp3) is 0.158. The van der Waals surface area contributed by atoms with Gasteiger partial charge in [0.1, 0.15) is 11.5 Å². The molecule has 0 aliphatic carbocycles. The standard InChI is InChI=1S/C19H18N2O4S.Na/c1-3-17(22)21-26(23,24)16-11-9-14(10-12-16)18-13(2)25-20-19(18)15-7-5-4-6-8-15;/h4-12H,3H2,1-2H3,(H,21,22);/q;+1. The first-order chi connectivity index (χ1) is 12.4. The molecule has 0 saturated carbocycles. The maximum Gasteiger partial charge on any atom is 1.00 e. The summed E-state index contributed by atoms with van der Waals surface area (Å²) in [6.45, 7) is 3.40. The van der Waals surface area contributed by atoms with Gasteiger partial charge in [0.15, 0.2) is 0 Å². The normalized spacial score (nSPS) is 10.9. The molecule has 0 aliphatic heterocycles. The Morgan fingerprint density at radius 3 is 2.26 bits per heavy atom. The number of rotatable bonds is 5. The summed E-state index contributed by atoms with van der Waals surface area (Å²) in [6, 6.07) is 15.9. The maximum absolute atomic E-state index is 12.2. The van der Waals surface area contributed by atoms with Gasteiger partial charge in [-0.2, -0.15) is 0 Å². The summed E-state index contributed by atoms with van der Waals surface area (Å²) < 4.78 is 31.8. The summed E-state index contributed by atoms with van der Waals surface area (Å²) >= 11 is 0. The van der Waals surface area contributed by atoms with E-state index in [0.29, 0.717) is 11.5 Å². The van der Waals surface area contributed by atoms with Crippen LogP contribution in [-0.4, -0.2) is 19.5 Å². The summed E-state index contributed by atoms with van der Waals surface area (Å²) in [6.07, 6.45) is 0.0949. The molecular weight excluding hydrogens is 375 g/mol. The quantitative estimate of drug-likeness (QED) is 0.639. The Bertz CT molecular complexity index is 1030. The first-order valence-electron chi connectivity index (χ1n) is 8.10. The monoisotopic (exact) mass is 393 g/mol. The van der Waals surface area contributed by atoms with E-state index in [4.69, 9.17) is 4.52 Å². The number of aryl methyl sites for hydroxylation is 1. The Morgan fingerprint density at radius 2 is 1.67 bits per heavy atom. The van der Waals surface area contributed by atoms with E-state index >= 15 is 0 Å². The Labute approximate surface area is 180 Å². The molecule has 134 valence electrons. The van der Waals surface area contributed by atoms with Gasteiger partial charge in [0.25, 0.3) is 10.0 Å². The molecule has 1 heterocycles. The van der Waals surface area contributed by atoms with Crippen LogP contribution in [0.25, 0.3) is 22.4 Å². The fourth-order valence-corrected chi connectivity index (χ4v) is 3.64. The number of amides is 1. The number of carbonyl (C=O) groups is 1. The molecule has 0 radical (unpaired) electrons. The van der Waals surface area contributed by atoms with Gasteiger partial charge >= 0.3 is 29.6 Å². The van der Waals surface area contributed by atoms with Gasteiger partial charge in [-0.25, -0.2) is 13.1 Å². The zero-order valence-corrected chi connectivity index (χ0v) is 18.2. The van der Waals surface area contributed by atoms with E-state index in [2.05, 4.69) is 5.16 Å². The minimum atomic E-state index is -3.87. The van der Waals surface area contributed by atoms with Gasteiger partial charge in [-0.3, -0.25) is 4.79 Å². The second-order valence-corrected chi connectivity index (χ2v) is 7.42. The van der Waals surface area contributed by atoms with Crippen molar-refractivity contribution in [3.05, 3.63) is 60.4 Å². The number of hydrogen-bond donors (Lipinski definition) is 1. The molecule has 6 nitrogen and oxygen atoms in total. The molecule has 1 aromatic heterocycles. The molecule has 1 N–H and O–H groups in total. The Kier molecular flexibility index (Phi) is 7.00. The third kappa shape index (κ3) is 4.68. The maximum atomic E-state index is 12.2. The third-order valence-electron chi connectivity index (χ3n) is 3.93. The zero-order valence-electron chi connectivity index (χ0n) is 15.4. The van der Waals surface area contributed by atoms with E-state index in [1.807, 2.05) is 35.1 Å². The van der Waals surface area contributed by atoms with Crippen molar-refractivity contribution in [3.63, 3.8) is 0 Å². The van der Waals surface area contributed by atoms with Crippen LogP contribution in [0.15, 0.2) is 64.0 Å². The van der Waals surface area contributed by atoms with Gasteiger partial charge in [0, 0.05) is 12.0 Å². The van der Waals surface area contributed by atoms with Gasteiger partial charge in [-0.1, -0.05) is 54.5 Å². The van der Waals surface area contributed by atoms with E-state index in [9.17, 15) is 13.2 Å². The number of aromatic nitrogens is 1. The third-order valence-corrected chi connectivity index (χ3v) is 5.32. The summed E-state index contributed by atoms with van der Waals surface area (Å²) in [5.74, 6) is 0.0917. The number of nitrogens with one attached hydrogen (secondary N) is 1. The van der Waals surface area contributed by atoms with Crippen LogP contribution in [0.2, 0.25) is 0 Å². The van der Waals surface area contributed by atoms with Crippen molar-refractivity contribution in [1.82, 2.24) is 9.88 Å². The molecule has 1 amide bonds. The van der Waals surface area contributed by atoms with Gasteiger partial charge in [-0.05, 0) is 24.6 Å². The fourth-order valence-electron chi connectivity index (χ4n) is 2.59. The molecule has 27 heavy (non-hydrogen) atoms. The Morgan fingerprint density at radius 1 is 1.04 bits per heavy atom. The van der Waals surface area contributed by atoms with Crippen LogP contribution < -0.4 is 34.3 Å². The van der Waals surface area contributed by atoms with E-state index < -0.39 is 15.9 Å². The number of nitrogens with zero attached hydrogens (tertiary/aromatic N) is 1. The molecule has 2 aromatic carbocycles. The summed E-state index contributed by atoms with van der Waals surface area (Å²) in [7, 11) is -3.87. The van der Waals surface area contributed by atoms with Crippen molar-refractivity contribution in [3.8, 4) is 22.4 Å². The first-order valence-corrected chi connectivity index (χ1v) is 9.58. The van der Waals surface area contributed by atoms with Crippen molar-refractivity contribution >= 4 is 15.9 Å². The summed E-state index contributed by atoms with van der Waals surface area (Å²) in [5.41, 5.74) is 3.19. The Hall–Kier alpha value is -1.93. The smallest absolute Gasteiger partial charge is 0.360 e. The number of sulfonamides is 1. The van der Waals surface area contributed by atoms with Crippen molar-refractivity contribution in [1.29, 1.82) is 0 Å². The van der Waals surface area contributed by atoms with E-state index in [1.54, 1.807) is 26.0 Å². The van der Waals surface area contributed by atoms with Gasteiger partial charge in [0.05, 0.1) is 10.5 Å². The molecule has 0 saturated heterocycles. The summed E-state index contributed by atoms with van der Waals surface area (Å²) in [4.78, 5) is 11.4. The molecule has 0 bridgehead atoms. The zero-order chi connectivity index (χ0) is 18.7. The molecule has 0 fully saturated rings. The van der Waals surface area contributed by atoms with Crippen molar-refractivity contribution in [2.24, 2.45) is 0 Å². The van der Waals surface area contributed by atoms with Crippen LogP contribution in [0, 0.1) is 6.92 Å². The number of benzene rings is 2. The average Bonchev–Trinajstić information content (AvgIpc) is 3.03. The average molecular weight is 393 g/mol. The minimum Gasteiger partial charge on any atom is -0.360 e. The predicted octanol–water partition coefficient (Wildman–Crippen LogP) is 0.536. The van der Waals surface area contributed by atoms with Gasteiger partial charge in [-0.15, -0.1) is 0 Å². The van der Waals surface area contributed by atoms with Crippen molar-refractivity contribution in [2.45, 2.75) is 25.2 Å². The van der Waals surface area contributed by atoms with Gasteiger partial charge in [0.2, 0.25) is 5.91 Å². The van der Waals surface area contributed by atoms with Crippen molar-refractivity contribution in [2.75, 3.05) is 0 Å². The van der Waals surface area contributed by atoms with E-state index in [-0.39, 0.29) is 40.9 Å². The van der Waals surface area contributed by atoms with Crippen LogP contribution >= 0.6 is 0 Å². The second-order valence-electron chi connectivity index (χ2n) is 5.73. The van der Waals surface area contributed by atoms with E-state index in [0.717, 1.165) is 16.7 Å². The van der Waals surface area contributed by atoms with Crippen LogP contribution in [0.3, 0.4) is 0 Å². The Balaban J connectivity index is 0.00000261.